The molecule has 0 amide bonds. The minimum Gasteiger partial charge on any atom is -0.482 e. The molecule has 0 saturated heterocycles. The highest BCUT2D eigenvalue weighted by Gasteiger charge is 2.12. The normalized spacial score (nSPS) is 10.3. The molecule has 30 heavy (non-hydrogen) atoms. The summed E-state index contributed by atoms with van der Waals surface area (Å²) in [6, 6.07) is 11.2. The largest absolute Gasteiger partial charge is 0.482 e. The van der Waals surface area contributed by atoms with Crippen LogP contribution in [-0.4, -0.2) is 44.1 Å². The van der Waals surface area contributed by atoms with Crippen LogP contribution in [0.3, 0.4) is 0 Å². The second-order valence-electron chi connectivity index (χ2n) is 7.08. The average molecular weight is 414 g/mol. The van der Waals surface area contributed by atoms with E-state index in [0.29, 0.717) is 11.5 Å². The Kier molecular flexibility index (Phi) is 8.41. The molecule has 2 rings (SSSR count). The number of hydrogen-bond donors (Lipinski definition) is 0. The molecule has 0 aliphatic heterocycles. The van der Waals surface area contributed by atoms with E-state index in [2.05, 4.69) is 0 Å². The molecule has 0 N–H and O–H groups in total. The summed E-state index contributed by atoms with van der Waals surface area (Å²) in [5.74, 6) is -0.824. The maximum Gasteiger partial charge on any atom is 0.344 e. The molecule has 0 radical (unpaired) electrons. The number of esters is 2. The van der Waals surface area contributed by atoms with Crippen LogP contribution < -0.4 is 9.47 Å². The van der Waals surface area contributed by atoms with Crippen LogP contribution in [0.25, 0.3) is 0 Å². The third-order valence-electron chi connectivity index (χ3n) is 3.89. The molecule has 0 saturated carbocycles. The Morgan fingerprint density at radius 1 is 0.567 bits per heavy atom. The molecular formula is C23H26O7. The van der Waals surface area contributed by atoms with Gasteiger partial charge in [-0.3, -0.25) is 4.79 Å². The van der Waals surface area contributed by atoms with Gasteiger partial charge >= 0.3 is 11.9 Å². The third kappa shape index (κ3) is 8.34. The lowest BCUT2D eigenvalue weighted by Crippen LogP contribution is -2.24. The van der Waals surface area contributed by atoms with E-state index in [1.165, 1.54) is 0 Å². The van der Waals surface area contributed by atoms with Crippen LogP contribution in [0.5, 0.6) is 11.5 Å². The van der Waals surface area contributed by atoms with Gasteiger partial charge < -0.3 is 18.9 Å². The second kappa shape index (κ2) is 11.0. The lowest BCUT2D eigenvalue weighted by atomic mass is 10.1. The zero-order chi connectivity index (χ0) is 22.1. The molecule has 2 aromatic carbocycles. The third-order valence-corrected chi connectivity index (χ3v) is 3.89. The Hall–Kier alpha value is -3.35. The second-order valence-corrected chi connectivity index (χ2v) is 7.08. The summed E-state index contributed by atoms with van der Waals surface area (Å²) in [6.07, 6.45) is 0. The molecule has 2 aromatic rings. The first-order valence-electron chi connectivity index (χ1n) is 9.46. The van der Waals surface area contributed by atoms with Crippen molar-refractivity contribution in [1.82, 2.24) is 0 Å². The predicted molar refractivity (Wildman–Crippen MR) is 110 cm³/mol. The van der Waals surface area contributed by atoms with E-state index in [9.17, 15) is 14.4 Å². The number of rotatable bonds is 10. The Balaban J connectivity index is 1.63. The van der Waals surface area contributed by atoms with E-state index in [1.807, 2.05) is 39.8 Å². The first kappa shape index (κ1) is 22.9. The Bertz CT molecular complexity index is 804. The molecule has 0 heterocycles. The smallest absolute Gasteiger partial charge is 0.344 e. The lowest BCUT2D eigenvalue weighted by Gasteiger charge is -2.09. The SMILES string of the molecule is Cc1cc(C)cc(OCC(=O)OCC(=O)COC(=O)COc2cc(C)cc(C)c2)c1. The lowest BCUT2D eigenvalue weighted by molar-refractivity contribution is -0.154. The first-order valence-corrected chi connectivity index (χ1v) is 9.46. The van der Waals surface area contributed by atoms with E-state index in [-0.39, 0.29) is 13.2 Å². The molecule has 0 atom stereocenters. The summed E-state index contributed by atoms with van der Waals surface area (Å²) in [7, 11) is 0. The maximum atomic E-state index is 11.7. The predicted octanol–water partition coefficient (Wildman–Crippen LogP) is 3.03. The molecule has 7 nitrogen and oxygen atoms in total. The van der Waals surface area contributed by atoms with Crippen LogP contribution in [0.1, 0.15) is 22.3 Å². The van der Waals surface area contributed by atoms with Gasteiger partial charge in [-0.2, -0.15) is 0 Å². The van der Waals surface area contributed by atoms with E-state index < -0.39 is 30.9 Å². The fourth-order valence-electron chi connectivity index (χ4n) is 2.76. The summed E-state index contributed by atoms with van der Waals surface area (Å²) >= 11 is 0. The van der Waals surface area contributed by atoms with Gasteiger partial charge in [0.05, 0.1) is 0 Å². The monoisotopic (exact) mass is 414 g/mol. The number of hydrogen-bond acceptors (Lipinski definition) is 7. The fourth-order valence-corrected chi connectivity index (χ4v) is 2.76. The van der Waals surface area contributed by atoms with Gasteiger partial charge in [0.15, 0.2) is 26.4 Å². The minimum absolute atomic E-state index is 0.320. The molecule has 160 valence electrons. The van der Waals surface area contributed by atoms with Gasteiger partial charge in [0.25, 0.3) is 0 Å². The van der Waals surface area contributed by atoms with Crippen molar-refractivity contribution in [2.45, 2.75) is 27.7 Å². The zero-order valence-corrected chi connectivity index (χ0v) is 17.7. The molecule has 0 aliphatic carbocycles. The van der Waals surface area contributed by atoms with Crippen LogP contribution in [-0.2, 0) is 23.9 Å². The van der Waals surface area contributed by atoms with Gasteiger partial charge in [0, 0.05) is 0 Å². The average Bonchev–Trinajstić information content (AvgIpc) is 2.66. The number of carbonyl (C=O) groups is 3. The van der Waals surface area contributed by atoms with Crippen molar-refractivity contribution in [3.05, 3.63) is 58.7 Å². The summed E-state index contributed by atoms with van der Waals surface area (Å²) < 4.78 is 20.4. The van der Waals surface area contributed by atoms with E-state index in [0.717, 1.165) is 22.3 Å². The van der Waals surface area contributed by atoms with Crippen molar-refractivity contribution in [3.63, 3.8) is 0 Å². The van der Waals surface area contributed by atoms with Gasteiger partial charge in [-0.15, -0.1) is 0 Å². The highest BCUT2D eigenvalue weighted by Crippen LogP contribution is 2.17. The number of ketones is 1. The van der Waals surface area contributed by atoms with Crippen molar-refractivity contribution in [3.8, 4) is 11.5 Å². The molecule has 0 aliphatic rings. The van der Waals surface area contributed by atoms with Crippen molar-refractivity contribution in [2.24, 2.45) is 0 Å². The first-order chi connectivity index (χ1) is 14.2. The molecule has 0 spiro atoms. The molecule has 0 bridgehead atoms. The van der Waals surface area contributed by atoms with E-state index in [4.69, 9.17) is 18.9 Å². The van der Waals surface area contributed by atoms with Crippen molar-refractivity contribution < 1.29 is 33.3 Å². The van der Waals surface area contributed by atoms with E-state index >= 15 is 0 Å². The van der Waals surface area contributed by atoms with Crippen LogP contribution in [0.2, 0.25) is 0 Å². The van der Waals surface area contributed by atoms with Gasteiger partial charge in [-0.1, -0.05) is 12.1 Å². The Morgan fingerprint density at radius 2 is 0.900 bits per heavy atom. The van der Waals surface area contributed by atoms with Crippen molar-refractivity contribution >= 4 is 17.7 Å². The highest BCUT2D eigenvalue weighted by atomic mass is 16.6. The minimum atomic E-state index is -0.688. The van der Waals surface area contributed by atoms with Crippen molar-refractivity contribution in [2.75, 3.05) is 26.4 Å². The van der Waals surface area contributed by atoms with Crippen LogP contribution in [0.4, 0.5) is 0 Å². The summed E-state index contributed by atoms with van der Waals surface area (Å²) in [5, 5.41) is 0. The van der Waals surface area contributed by atoms with Gasteiger partial charge in [-0.25, -0.2) is 9.59 Å². The number of carbonyl (C=O) groups excluding carboxylic acids is 3. The van der Waals surface area contributed by atoms with Gasteiger partial charge in [0.2, 0.25) is 5.78 Å². The van der Waals surface area contributed by atoms with E-state index in [1.54, 1.807) is 24.3 Å². The Labute approximate surface area is 175 Å². The summed E-state index contributed by atoms with van der Waals surface area (Å²) in [6.45, 7) is 6.05. The molecule has 0 unspecified atom stereocenters. The molecule has 7 heteroatoms. The van der Waals surface area contributed by atoms with Gasteiger partial charge in [-0.05, 0) is 74.2 Å². The van der Waals surface area contributed by atoms with Crippen LogP contribution >= 0.6 is 0 Å². The highest BCUT2D eigenvalue weighted by molar-refractivity contribution is 5.85. The van der Waals surface area contributed by atoms with Crippen LogP contribution in [0, 0.1) is 27.7 Å². The maximum absolute atomic E-state index is 11.7. The van der Waals surface area contributed by atoms with Gasteiger partial charge in [0.1, 0.15) is 11.5 Å². The number of benzene rings is 2. The molecule has 0 fully saturated rings. The van der Waals surface area contributed by atoms with Crippen molar-refractivity contribution in [1.29, 1.82) is 0 Å². The zero-order valence-electron chi connectivity index (χ0n) is 17.7. The molecule has 0 aromatic heterocycles. The summed E-state index contributed by atoms with van der Waals surface area (Å²) in [5.41, 5.74) is 4.04. The quantitative estimate of drug-likeness (QED) is 0.552. The number of aryl methyl sites for hydroxylation is 4. The number of ether oxygens (including phenoxy) is 4. The standard InChI is InChI=1S/C23H26O7/c1-15-5-16(2)8-20(7-15)27-13-22(25)29-11-19(24)12-30-23(26)14-28-21-9-17(3)6-18(4)10-21/h5-10H,11-14H2,1-4H3. The Morgan fingerprint density at radius 3 is 1.23 bits per heavy atom. The fraction of sp³-hybridized carbons (Fsp3) is 0.348. The molecular weight excluding hydrogens is 388 g/mol. The topological polar surface area (TPSA) is 88.1 Å². The van der Waals surface area contributed by atoms with Crippen LogP contribution in [0.15, 0.2) is 36.4 Å². The summed E-state index contributed by atoms with van der Waals surface area (Å²) in [4.78, 5) is 35.2. The number of Topliss-reactive ketones (excluding diaryl/α,β-unsaturated/α-hetero) is 1.